The Kier molecular flexibility index (Phi) is 7.69. The van der Waals surface area contributed by atoms with Gasteiger partial charge in [-0.15, -0.1) is 6.58 Å². The summed E-state index contributed by atoms with van der Waals surface area (Å²) in [6, 6.07) is 8.76. The average molecular weight is 445 g/mol. The van der Waals surface area contributed by atoms with Gasteiger partial charge in [0.1, 0.15) is 0 Å². The lowest BCUT2D eigenvalue weighted by molar-refractivity contribution is 0.135. The van der Waals surface area contributed by atoms with Gasteiger partial charge < -0.3 is 15.0 Å². The van der Waals surface area contributed by atoms with Gasteiger partial charge >= 0.3 is 0 Å². The molecule has 2 unspecified atom stereocenters. The molecule has 0 spiro atoms. The summed E-state index contributed by atoms with van der Waals surface area (Å²) in [5.74, 6) is 0.344. The van der Waals surface area contributed by atoms with Crippen molar-refractivity contribution in [2.75, 3.05) is 23.4 Å². The number of nitrogens with zero attached hydrogens (tertiary/aromatic N) is 2. The number of ether oxygens (including phenoxy) is 1. The normalized spacial score (nSPS) is 16.8. The van der Waals surface area contributed by atoms with Crippen LogP contribution in [0.3, 0.4) is 0 Å². The summed E-state index contributed by atoms with van der Waals surface area (Å²) in [6.45, 7) is 11.2. The van der Waals surface area contributed by atoms with Crippen LogP contribution in [0.5, 0.6) is 0 Å². The van der Waals surface area contributed by atoms with Gasteiger partial charge in [-0.3, -0.25) is 4.98 Å². The molecule has 31 heavy (non-hydrogen) atoms. The zero-order chi connectivity index (χ0) is 22.4. The van der Waals surface area contributed by atoms with E-state index in [4.69, 9.17) is 4.74 Å². The number of anilines is 2. The third kappa shape index (κ3) is 6.06. The molecule has 1 aromatic carbocycles. The fourth-order valence-corrected chi connectivity index (χ4v) is 4.99. The number of benzene rings is 1. The summed E-state index contributed by atoms with van der Waals surface area (Å²) in [4.78, 5) is 6.65. The Morgan fingerprint density at radius 3 is 2.71 bits per heavy atom. The number of hydrogen-bond donors (Lipinski definition) is 2. The van der Waals surface area contributed by atoms with Gasteiger partial charge in [-0.1, -0.05) is 32.1 Å². The van der Waals surface area contributed by atoms with Crippen LogP contribution in [-0.2, 0) is 21.3 Å². The number of sulfonamides is 1. The van der Waals surface area contributed by atoms with Gasteiger partial charge in [-0.25, -0.2) is 13.1 Å². The second-order valence-corrected chi connectivity index (χ2v) is 9.97. The van der Waals surface area contributed by atoms with E-state index in [1.165, 1.54) is 0 Å². The van der Waals surface area contributed by atoms with Crippen LogP contribution in [0, 0.1) is 5.92 Å². The Morgan fingerprint density at radius 1 is 1.29 bits per heavy atom. The van der Waals surface area contributed by atoms with Gasteiger partial charge in [0, 0.05) is 18.8 Å². The predicted octanol–water partition coefficient (Wildman–Crippen LogP) is 3.76. The minimum Gasteiger partial charge on any atom is -0.376 e. The van der Waals surface area contributed by atoms with Gasteiger partial charge in [0.25, 0.3) is 0 Å². The highest BCUT2D eigenvalue weighted by atomic mass is 32.2. The third-order valence-electron chi connectivity index (χ3n) is 5.16. The van der Waals surface area contributed by atoms with Crippen molar-refractivity contribution in [3.63, 3.8) is 0 Å². The number of hydrogen-bond acceptors (Lipinski definition) is 6. The van der Waals surface area contributed by atoms with Crippen molar-refractivity contribution in [3.05, 3.63) is 60.9 Å². The van der Waals surface area contributed by atoms with E-state index in [0.29, 0.717) is 32.1 Å². The molecule has 0 fully saturated rings. The summed E-state index contributed by atoms with van der Waals surface area (Å²) < 4.78 is 34.1. The molecule has 2 aromatic rings. The van der Waals surface area contributed by atoms with E-state index in [-0.39, 0.29) is 17.1 Å². The first kappa shape index (κ1) is 23.2. The quantitative estimate of drug-likeness (QED) is 0.406. The van der Waals surface area contributed by atoms with Crippen LogP contribution in [-0.4, -0.2) is 38.8 Å². The van der Waals surface area contributed by atoms with Crippen LogP contribution in [0.1, 0.15) is 32.8 Å². The van der Waals surface area contributed by atoms with Crippen LogP contribution in [0.2, 0.25) is 0 Å². The molecule has 0 amide bonds. The fraction of sp³-hybridized carbons (Fsp3) is 0.435. The molecule has 3 rings (SSSR count). The Hall–Kier alpha value is -2.42. The second-order valence-electron chi connectivity index (χ2n) is 8.26. The second kappa shape index (κ2) is 10.3. The molecule has 0 bridgehead atoms. The highest BCUT2D eigenvalue weighted by Crippen LogP contribution is 2.34. The van der Waals surface area contributed by atoms with Gasteiger partial charge in [0.05, 0.1) is 41.8 Å². The molecule has 8 heteroatoms. The van der Waals surface area contributed by atoms with Crippen molar-refractivity contribution in [1.82, 2.24) is 9.71 Å². The van der Waals surface area contributed by atoms with Crippen LogP contribution in [0.4, 0.5) is 11.4 Å². The molecular weight excluding hydrogens is 412 g/mol. The average Bonchev–Trinajstić information content (AvgIpc) is 3.03. The topological polar surface area (TPSA) is 83.6 Å². The van der Waals surface area contributed by atoms with Gasteiger partial charge in [0.2, 0.25) is 10.0 Å². The highest BCUT2D eigenvalue weighted by Gasteiger charge is 2.26. The van der Waals surface area contributed by atoms with Crippen molar-refractivity contribution in [3.8, 4) is 0 Å². The third-order valence-corrected chi connectivity index (χ3v) is 6.69. The SMILES string of the molecule is C=CCOCC(CC(C)C)NS(=O)(=O)c1ccc(CN2c3ccncc3NC2C)cc1. The molecule has 1 aliphatic rings. The molecule has 0 saturated carbocycles. The number of pyridine rings is 1. The smallest absolute Gasteiger partial charge is 0.240 e. The van der Waals surface area contributed by atoms with Crippen LogP contribution >= 0.6 is 0 Å². The van der Waals surface area contributed by atoms with Gasteiger partial charge in [-0.05, 0) is 43.0 Å². The number of aromatic nitrogens is 1. The molecule has 1 aliphatic heterocycles. The maximum absolute atomic E-state index is 12.9. The maximum Gasteiger partial charge on any atom is 0.240 e. The standard InChI is InChI=1S/C23H32N4O3S/c1-5-12-30-16-20(13-17(2)3)26-31(28,29)21-8-6-19(7-9-21)15-27-18(4)25-22-14-24-11-10-23(22)27/h5-11,14,17-18,20,25-26H,1,12-13,15-16H2,2-4H3. The maximum atomic E-state index is 12.9. The zero-order valence-corrected chi connectivity index (χ0v) is 19.2. The minimum atomic E-state index is -3.64. The summed E-state index contributed by atoms with van der Waals surface area (Å²) >= 11 is 0. The highest BCUT2D eigenvalue weighted by molar-refractivity contribution is 7.89. The summed E-state index contributed by atoms with van der Waals surface area (Å²) in [6.07, 6.45) is 6.09. The number of nitrogens with one attached hydrogen (secondary N) is 2. The van der Waals surface area contributed by atoms with Crippen LogP contribution in [0.15, 0.2) is 60.3 Å². The Balaban J connectivity index is 1.68. The van der Waals surface area contributed by atoms with Gasteiger partial charge in [-0.2, -0.15) is 0 Å². The van der Waals surface area contributed by atoms with Crippen LogP contribution < -0.4 is 14.9 Å². The summed E-state index contributed by atoms with van der Waals surface area (Å²) in [5, 5.41) is 3.40. The van der Waals surface area contributed by atoms with E-state index in [0.717, 1.165) is 16.9 Å². The lowest BCUT2D eigenvalue weighted by Crippen LogP contribution is -2.39. The lowest BCUT2D eigenvalue weighted by Gasteiger charge is -2.24. The molecule has 168 valence electrons. The zero-order valence-electron chi connectivity index (χ0n) is 18.4. The molecule has 2 atom stereocenters. The lowest BCUT2D eigenvalue weighted by atomic mass is 10.1. The summed E-state index contributed by atoms with van der Waals surface area (Å²) in [7, 11) is -3.64. The van der Waals surface area contributed by atoms with Crippen molar-refractivity contribution in [2.24, 2.45) is 5.92 Å². The first-order valence-corrected chi connectivity index (χ1v) is 12.1. The van der Waals surface area contributed by atoms with E-state index < -0.39 is 10.0 Å². The molecule has 1 aromatic heterocycles. The molecule has 2 heterocycles. The van der Waals surface area contributed by atoms with Gasteiger partial charge in [0.15, 0.2) is 0 Å². The Bertz CT molecular complexity index is 977. The predicted molar refractivity (Wildman–Crippen MR) is 125 cm³/mol. The monoisotopic (exact) mass is 444 g/mol. The van der Waals surface area contributed by atoms with E-state index in [1.807, 2.05) is 24.4 Å². The first-order valence-electron chi connectivity index (χ1n) is 10.6. The van der Waals surface area contributed by atoms with Crippen LogP contribution in [0.25, 0.3) is 0 Å². The van der Waals surface area contributed by atoms with E-state index in [1.54, 1.807) is 24.4 Å². The molecule has 0 aliphatic carbocycles. The molecule has 0 saturated heterocycles. The van der Waals surface area contributed by atoms with Crippen molar-refractivity contribution >= 4 is 21.4 Å². The first-order chi connectivity index (χ1) is 14.8. The van der Waals surface area contributed by atoms with Crippen molar-refractivity contribution in [2.45, 2.75) is 50.8 Å². The van der Waals surface area contributed by atoms with E-state index >= 15 is 0 Å². The Morgan fingerprint density at radius 2 is 2.03 bits per heavy atom. The van der Waals surface area contributed by atoms with Crippen molar-refractivity contribution < 1.29 is 13.2 Å². The number of rotatable bonds is 11. The van der Waals surface area contributed by atoms with E-state index in [9.17, 15) is 8.42 Å². The molecule has 0 radical (unpaired) electrons. The summed E-state index contributed by atoms with van der Waals surface area (Å²) in [5.41, 5.74) is 3.13. The number of fused-ring (bicyclic) bond motifs is 1. The molecular formula is C23H32N4O3S. The minimum absolute atomic E-state index is 0.136. The molecule has 7 nitrogen and oxygen atoms in total. The van der Waals surface area contributed by atoms with Crippen molar-refractivity contribution in [1.29, 1.82) is 0 Å². The Labute approximate surface area is 185 Å². The van der Waals surface area contributed by atoms with E-state index in [2.05, 4.69) is 47.3 Å². The fourth-order valence-electron chi connectivity index (χ4n) is 3.75. The molecule has 2 N–H and O–H groups in total. The largest absolute Gasteiger partial charge is 0.376 e.